The van der Waals surface area contributed by atoms with Gasteiger partial charge in [0.05, 0.1) is 16.8 Å². The van der Waals surface area contributed by atoms with Crippen LogP contribution in [0.25, 0.3) is 0 Å². The molecule has 29 heavy (non-hydrogen) atoms. The number of nitrogens with zero attached hydrogens (tertiary/aromatic N) is 3. The number of anilines is 1. The number of benzene rings is 2. The fourth-order valence-corrected chi connectivity index (χ4v) is 4.08. The first-order chi connectivity index (χ1) is 14.0. The number of hydrogen-bond donors (Lipinski definition) is 1. The maximum absolute atomic E-state index is 13.1. The number of carbonyl (C=O) groups is 1. The SMILES string of the molecule is O=C(CN(c1cccc(Cl)c1)S(=O)(=O)c1ccccc1)N/N=C\c1ccncc1. The van der Waals surface area contributed by atoms with E-state index in [1.54, 1.807) is 60.9 Å². The molecule has 0 unspecified atom stereocenters. The molecule has 0 bridgehead atoms. The van der Waals surface area contributed by atoms with Crippen LogP contribution >= 0.6 is 11.6 Å². The van der Waals surface area contributed by atoms with E-state index in [4.69, 9.17) is 11.6 Å². The molecule has 0 aliphatic rings. The molecule has 0 aliphatic carbocycles. The molecule has 0 spiro atoms. The quantitative estimate of drug-likeness (QED) is 0.462. The molecule has 1 N–H and O–H groups in total. The maximum atomic E-state index is 13.1. The number of nitrogens with one attached hydrogen (secondary N) is 1. The van der Waals surface area contributed by atoms with Crippen molar-refractivity contribution in [2.24, 2.45) is 5.10 Å². The minimum atomic E-state index is -3.99. The van der Waals surface area contributed by atoms with Gasteiger partial charge in [-0.15, -0.1) is 0 Å². The van der Waals surface area contributed by atoms with Crippen molar-refractivity contribution in [3.8, 4) is 0 Å². The average Bonchev–Trinajstić information content (AvgIpc) is 2.73. The van der Waals surface area contributed by atoms with E-state index in [1.165, 1.54) is 24.4 Å². The summed E-state index contributed by atoms with van der Waals surface area (Å²) in [6.45, 7) is -0.467. The minimum Gasteiger partial charge on any atom is -0.271 e. The van der Waals surface area contributed by atoms with Crippen LogP contribution in [-0.2, 0) is 14.8 Å². The van der Waals surface area contributed by atoms with E-state index in [0.717, 1.165) is 9.87 Å². The largest absolute Gasteiger partial charge is 0.271 e. The van der Waals surface area contributed by atoms with Gasteiger partial charge in [0.15, 0.2) is 0 Å². The highest BCUT2D eigenvalue weighted by Crippen LogP contribution is 2.25. The van der Waals surface area contributed by atoms with Crippen molar-refractivity contribution in [2.45, 2.75) is 4.90 Å². The highest BCUT2D eigenvalue weighted by Gasteiger charge is 2.27. The molecule has 1 heterocycles. The highest BCUT2D eigenvalue weighted by atomic mass is 35.5. The number of hydrogen-bond acceptors (Lipinski definition) is 5. The predicted octanol–water partition coefficient (Wildman–Crippen LogP) is 3.08. The molecule has 9 heteroatoms. The van der Waals surface area contributed by atoms with Crippen LogP contribution in [0, 0.1) is 0 Å². The van der Waals surface area contributed by atoms with E-state index < -0.39 is 22.5 Å². The van der Waals surface area contributed by atoms with Gasteiger partial charge >= 0.3 is 0 Å². The molecule has 3 rings (SSSR count). The van der Waals surface area contributed by atoms with E-state index >= 15 is 0 Å². The Labute approximate surface area is 173 Å². The van der Waals surface area contributed by atoms with Crippen molar-refractivity contribution in [1.82, 2.24) is 10.4 Å². The number of carbonyl (C=O) groups excluding carboxylic acids is 1. The van der Waals surface area contributed by atoms with Gasteiger partial charge in [-0.1, -0.05) is 35.9 Å². The van der Waals surface area contributed by atoms with Crippen LogP contribution < -0.4 is 9.73 Å². The molecule has 7 nitrogen and oxygen atoms in total. The van der Waals surface area contributed by atoms with Gasteiger partial charge < -0.3 is 0 Å². The van der Waals surface area contributed by atoms with Crippen molar-refractivity contribution < 1.29 is 13.2 Å². The van der Waals surface area contributed by atoms with Gasteiger partial charge in [0.1, 0.15) is 6.54 Å². The Morgan fingerprint density at radius 3 is 2.48 bits per heavy atom. The summed E-state index contributed by atoms with van der Waals surface area (Å²) in [7, 11) is -3.99. The summed E-state index contributed by atoms with van der Waals surface area (Å²) < 4.78 is 27.3. The Morgan fingerprint density at radius 1 is 1.07 bits per heavy atom. The molecule has 2 aromatic carbocycles. The van der Waals surface area contributed by atoms with Crippen LogP contribution in [0.5, 0.6) is 0 Å². The van der Waals surface area contributed by atoms with E-state index in [9.17, 15) is 13.2 Å². The lowest BCUT2D eigenvalue weighted by Gasteiger charge is -2.23. The summed E-state index contributed by atoms with van der Waals surface area (Å²) in [6, 6.07) is 17.6. The van der Waals surface area contributed by atoms with Crippen molar-refractivity contribution in [1.29, 1.82) is 0 Å². The number of rotatable bonds is 7. The summed E-state index contributed by atoms with van der Waals surface area (Å²) in [6.07, 6.45) is 4.63. The molecule has 3 aromatic rings. The molecule has 0 atom stereocenters. The first kappa shape index (κ1) is 20.5. The standard InChI is InChI=1S/C20H17ClN4O3S/c21-17-5-4-6-18(13-17)25(29(27,28)19-7-2-1-3-8-19)15-20(26)24-23-14-16-9-11-22-12-10-16/h1-14H,15H2,(H,24,26)/b23-14-. The van der Waals surface area contributed by atoms with Crippen LogP contribution in [0.1, 0.15) is 5.56 Å². The molecule has 148 valence electrons. The number of amides is 1. The number of pyridine rings is 1. The third-order valence-electron chi connectivity index (χ3n) is 3.82. The fraction of sp³-hybridized carbons (Fsp3) is 0.0500. The molecule has 0 saturated carbocycles. The van der Waals surface area contributed by atoms with Gasteiger partial charge in [-0.3, -0.25) is 14.1 Å². The second-order valence-electron chi connectivity index (χ2n) is 5.88. The van der Waals surface area contributed by atoms with E-state index in [2.05, 4.69) is 15.5 Å². The van der Waals surface area contributed by atoms with E-state index in [1.807, 2.05) is 0 Å². The van der Waals surface area contributed by atoms with E-state index in [-0.39, 0.29) is 10.6 Å². The highest BCUT2D eigenvalue weighted by molar-refractivity contribution is 7.92. The van der Waals surface area contributed by atoms with Gasteiger partial charge in [-0.05, 0) is 48.0 Å². The second kappa shape index (κ2) is 9.31. The summed E-state index contributed by atoms with van der Waals surface area (Å²) >= 11 is 6.02. The predicted molar refractivity (Wildman–Crippen MR) is 112 cm³/mol. The first-order valence-electron chi connectivity index (χ1n) is 8.52. The summed E-state index contributed by atoms with van der Waals surface area (Å²) in [5.41, 5.74) is 3.35. The number of sulfonamides is 1. The third kappa shape index (κ3) is 5.40. The first-order valence-corrected chi connectivity index (χ1v) is 10.3. The van der Waals surface area contributed by atoms with Crippen molar-refractivity contribution >= 4 is 39.4 Å². The Kier molecular flexibility index (Phi) is 6.58. The lowest BCUT2D eigenvalue weighted by atomic mass is 10.3. The topological polar surface area (TPSA) is 91.7 Å². The molecular weight excluding hydrogens is 412 g/mol. The van der Waals surface area contributed by atoms with Gasteiger partial charge in [0.25, 0.3) is 15.9 Å². The fourth-order valence-electron chi connectivity index (χ4n) is 2.46. The summed E-state index contributed by atoms with van der Waals surface area (Å²) in [5, 5.41) is 4.21. The van der Waals surface area contributed by atoms with Gasteiger partial charge in [0.2, 0.25) is 0 Å². The summed E-state index contributed by atoms with van der Waals surface area (Å²) in [4.78, 5) is 16.4. The van der Waals surface area contributed by atoms with Gasteiger partial charge in [0, 0.05) is 17.4 Å². The number of halogens is 1. The normalized spacial score (nSPS) is 11.3. The Balaban J connectivity index is 1.84. The zero-order valence-electron chi connectivity index (χ0n) is 15.1. The van der Waals surface area contributed by atoms with Crippen molar-refractivity contribution in [3.05, 3.63) is 89.7 Å². The maximum Gasteiger partial charge on any atom is 0.264 e. The molecule has 0 aliphatic heterocycles. The third-order valence-corrected chi connectivity index (χ3v) is 5.85. The average molecular weight is 429 g/mol. The summed E-state index contributed by atoms with van der Waals surface area (Å²) in [5.74, 6) is -0.602. The van der Waals surface area contributed by atoms with E-state index in [0.29, 0.717) is 5.02 Å². The van der Waals surface area contributed by atoms with Gasteiger partial charge in [-0.2, -0.15) is 5.10 Å². The molecule has 1 amide bonds. The Hall–Kier alpha value is -3.23. The molecule has 0 radical (unpaired) electrons. The second-order valence-corrected chi connectivity index (χ2v) is 8.18. The van der Waals surface area contributed by atoms with Crippen LogP contribution in [0.4, 0.5) is 5.69 Å². The molecule has 0 saturated heterocycles. The monoisotopic (exact) mass is 428 g/mol. The van der Waals surface area contributed by atoms with Crippen LogP contribution in [0.2, 0.25) is 5.02 Å². The van der Waals surface area contributed by atoms with Crippen molar-refractivity contribution in [3.63, 3.8) is 0 Å². The van der Waals surface area contributed by atoms with Crippen molar-refractivity contribution in [2.75, 3.05) is 10.8 Å². The van der Waals surface area contributed by atoms with Crippen LogP contribution in [0.3, 0.4) is 0 Å². The lowest BCUT2D eigenvalue weighted by Crippen LogP contribution is -2.39. The molecule has 1 aromatic heterocycles. The zero-order chi connectivity index (χ0) is 20.7. The zero-order valence-corrected chi connectivity index (χ0v) is 16.7. The Bertz CT molecular complexity index is 1110. The number of hydrazone groups is 1. The van der Waals surface area contributed by atoms with Crippen LogP contribution in [-0.4, -0.2) is 32.1 Å². The Morgan fingerprint density at radius 2 is 1.79 bits per heavy atom. The molecule has 0 fully saturated rings. The molecular formula is C20H17ClN4O3S. The smallest absolute Gasteiger partial charge is 0.264 e. The minimum absolute atomic E-state index is 0.0630. The van der Waals surface area contributed by atoms with Crippen LogP contribution in [0.15, 0.2) is 89.1 Å². The lowest BCUT2D eigenvalue weighted by molar-refractivity contribution is -0.119. The van der Waals surface area contributed by atoms with Gasteiger partial charge in [-0.25, -0.2) is 13.8 Å². The number of aromatic nitrogens is 1.